The molecule has 0 aliphatic carbocycles. The Hall–Kier alpha value is -2.44. The van der Waals surface area contributed by atoms with Crippen LogP contribution in [0.4, 0.5) is 0 Å². The van der Waals surface area contributed by atoms with Gasteiger partial charge in [-0.2, -0.15) is 4.99 Å². The third-order valence-electron chi connectivity index (χ3n) is 3.90. The molecule has 0 radical (unpaired) electrons. The van der Waals surface area contributed by atoms with Gasteiger partial charge in [0.25, 0.3) is 5.91 Å². The summed E-state index contributed by atoms with van der Waals surface area (Å²) in [5, 5.41) is 0. The number of carbonyl (C=O) groups excluding carboxylic acids is 1. The number of benzene rings is 2. The average Bonchev–Trinajstić information content (AvgIpc) is 2.97. The van der Waals surface area contributed by atoms with Crippen molar-refractivity contribution in [3.05, 3.63) is 58.4 Å². The number of methoxy groups -OCH3 is 2. The lowest BCUT2D eigenvalue weighted by atomic mass is 10.1. The lowest BCUT2D eigenvalue weighted by Crippen LogP contribution is -2.19. The fourth-order valence-corrected chi connectivity index (χ4v) is 3.66. The van der Waals surface area contributed by atoms with Crippen molar-refractivity contribution in [2.75, 3.05) is 20.8 Å². The smallest absolute Gasteiger partial charge is 0.279 e. The molecular formula is C19H20N2O3S. The third kappa shape index (κ3) is 3.65. The van der Waals surface area contributed by atoms with Crippen LogP contribution in [0.25, 0.3) is 10.2 Å². The molecule has 5 nitrogen and oxygen atoms in total. The summed E-state index contributed by atoms with van der Waals surface area (Å²) in [4.78, 5) is 17.5. The number of aryl methyl sites for hydroxylation is 1. The number of amides is 1. The van der Waals surface area contributed by atoms with Crippen LogP contribution in [0.2, 0.25) is 0 Å². The molecule has 6 heteroatoms. The average molecular weight is 356 g/mol. The van der Waals surface area contributed by atoms with Crippen molar-refractivity contribution in [1.29, 1.82) is 0 Å². The largest absolute Gasteiger partial charge is 0.495 e. The Morgan fingerprint density at radius 2 is 1.92 bits per heavy atom. The zero-order valence-corrected chi connectivity index (χ0v) is 15.3. The molecule has 130 valence electrons. The quantitative estimate of drug-likeness (QED) is 0.704. The molecule has 0 aliphatic rings. The highest BCUT2D eigenvalue weighted by Gasteiger charge is 2.12. The van der Waals surface area contributed by atoms with Crippen molar-refractivity contribution in [2.24, 2.45) is 4.99 Å². The molecule has 0 fully saturated rings. The maximum atomic E-state index is 12.5. The summed E-state index contributed by atoms with van der Waals surface area (Å²) >= 11 is 1.47. The van der Waals surface area contributed by atoms with Crippen LogP contribution in [0.3, 0.4) is 0 Å². The van der Waals surface area contributed by atoms with Gasteiger partial charge >= 0.3 is 0 Å². The first-order valence-corrected chi connectivity index (χ1v) is 8.76. The van der Waals surface area contributed by atoms with Gasteiger partial charge < -0.3 is 14.0 Å². The number of aromatic nitrogens is 1. The van der Waals surface area contributed by atoms with E-state index < -0.39 is 0 Å². The molecule has 2 aromatic carbocycles. The Morgan fingerprint density at radius 1 is 1.16 bits per heavy atom. The molecule has 1 amide bonds. The van der Waals surface area contributed by atoms with E-state index in [1.807, 2.05) is 41.8 Å². The van der Waals surface area contributed by atoms with Gasteiger partial charge in [-0.3, -0.25) is 4.79 Å². The van der Waals surface area contributed by atoms with Gasteiger partial charge in [0, 0.05) is 19.2 Å². The number of hydrogen-bond donors (Lipinski definition) is 0. The van der Waals surface area contributed by atoms with Crippen molar-refractivity contribution in [3.8, 4) is 5.75 Å². The SMILES string of the molecule is COCCn1c(=NC(=O)c2ccc(C)cc2)sc2cccc(OC)c21. The standard InChI is InChI=1S/C19H20N2O3S/c1-13-7-9-14(10-8-13)18(22)20-19-21(11-12-23-2)17-15(24-3)5-4-6-16(17)25-19/h4-10H,11-12H2,1-3H3. The van der Waals surface area contributed by atoms with Crippen LogP contribution < -0.4 is 9.54 Å². The van der Waals surface area contributed by atoms with Gasteiger partial charge in [-0.05, 0) is 31.2 Å². The fraction of sp³-hybridized carbons (Fsp3) is 0.263. The van der Waals surface area contributed by atoms with Gasteiger partial charge in [0.05, 0.1) is 18.4 Å². The van der Waals surface area contributed by atoms with Gasteiger partial charge in [0.15, 0.2) is 4.80 Å². The Bertz CT molecular complexity index is 955. The molecule has 25 heavy (non-hydrogen) atoms. The van der Waals surface area contributed by atoms with Gasteiger partial charge in [-0.15, -0.1) is 0 Å². The number of thiazole rings is 1. The Labute approximate surface area is 150 Å². The second-order valence-electron chi connectivity index (χ2n) is 5.62. The maximum Gasteiger partial charge on any atom is 0.279 e. The summed E-state index contributed by atoms with van der Waals surface area (Å²) < 4.78 is 13.7. The molecule has 0 aliphatic heterocycles. The predicted molar refractivity (Wildman–Crippen MR) is 99.3 cm³/mol. The predicted octanol–water partition coefficient (Wildman–Crippen LogP) is 3.41. The zero-order chi connectivity index (χ0) is 17.8. The Kier molecular flexibility index (Phi) is 5.31. The van der Waals surface area contributed by atoms with E-state index in [4.69, 9.17) is 9.47 Å². The maximum absolute atomic E-state index is 12.5. The first kappa shape index (κ1) is 17.4. The molecule has 0 spiro atoms. The molecule has 0 bridgehead atoms. The summed E-state index contributed by atoms with van der Waals surface area (Å²) in [7, 11) is 3.29. The van der Waals surface area contributed by atoms with E-state index in [1.54, 1.807) is 26.4 Å². The molecule has 1 aromatic heterocycles. The molecule has 0 unspecified atom stereocenters. The minimum atomic E-state index is -0.253. The minimum absolute atomic E-state index is 0.253. The summed E-state index contributed by atoms with van der Waals surface area (Å²) in [6, 6.07) is 13.3. The van der Waals surface area contributed by atoms with Crippen molar-refractivity contribution in [1.82, 2.24) is 4.57 Å². The summed E-state index contributed by atoms with van der Waals surface area (Å²) in [6.07, 6.45) is 0. The van der Waals surface area contributed by atoms with E-state index in [1.165, 1.54) is 11.3 Å². The molecule has 0 atom stereocenters. The Balaban J connectivity index is 2.13. The number of nitrogens with zero attached hydrogens (tertiary/aromatic N) is 2. The second kappa shape index (κ2) is 7.63. The highest BCUT2D eigenvalue weighted by Crippen LogP contribution is 2.27. The van der Waals surface area contributed by atoms with Crippen molar-refractivity contribution in [2.45, 2.75) is 13.5 Å². The molecule has 1 heterocycles. The number of para-hydroxylation sites is 1. The van der Waals surface area contributed by atoms with Crippen LogP contribution in [0.5, 0.6) is 5.75 Å². The molecule has 0 saturated heterocycles. The summed E-state index contributed by atoms with van der Waals surface area (Å²) in [5.41, 5.74) is 2.62. The highest BCUT2D eigenvalue weighted by atomic mass is 32.1. The number of ether oxygens (including phenoxy) is 2. The lowest BCUT2D eigenvalue weighted by Gasteiger charge is -2.07. The monoisotopic (exact) mass is 356 g/mol. The summed E-state index contributed by atoms with van der Waals surface area (Å²) in [5.74, 6) is 0.505. The Morgan fingerprint density at radius 3 is 2.60 bits per heavy atom. The van der Waals surface area contributed by atoms with Crippen molar-refractivity contribution in [3.63, 3.8) is 0 Å². The van der Waals surface area contributed by atoms with Crippen LogP contribution in [0.15, 0.2) is 47.5 Å². The molecular weight excluding hydrogens is 336 g/mol. The van der Waals surface area contributed by atoms with Crippen LogP contribution in [-0.2, 0) is 11.3 Å². The molecule has 0 saturated carbocycles. The van der Waals surface area contributed by atoms with E-state index in [0.717, 1.165) is 21.5 Å². The first-order chi connectivity index (χ1) is 12.1. The van der Waals surface area contributed by atoms with Crippen molar-refractivity contribution >= 4 is 27.5 Å². The summed E-state index contributed by atoms with van der Waals surface area (Å²) in [6.45, 7) is 3.11. The van der Waals surface area contributed by atoms with Gasteiger partial charge in [0.1, 0.15) is 11.3 Å². The van der Waals surface area contributed by atoms with E-state index >= 15 is 0 Å². The third-order valence-corrected chi connectivity index (χ3v) is 4.94. The molecule has 3 rings (SSSR count). The van der Waals surface area contributed by atoms with E-state index in [-0.39, 0.29) is 5.91 Å². The number of rotatable bonds is 5. The van der Waals surface area contributed by atoms with Crippen LogP contribution >= 0.6 is 11.3 Å². The second-order valence-corrected chi connectivity index (χ2v) is 6.63. The highest BCUT2D eigenvalue weighted by molar-refractivity contribution is 7.16. The van der Waals surface area contributed by atoms with E-state index in [2.05, 4.69) is 4.99 Å². The lowest BCUT2D eigenvalue weighted by molar-refractivity contribution is 0.0997. The normalized spacial score (nSPS) is 11.9. The first-order valence-electron chi connectivity index (χ1n) is 7.95. The van der Waals surface area contributed by atoms with Gasteiger partial charge in [0.2, 0.25) is 0 Å². The van der Waals surface area contributed by atoms with Crippen molar-refractivity contribution < 1.29 is 14.3 Å². The number of hydrogen-bond acceptors (Lipinski definition) is 4. The van der Waals surface area contributed by atoms with Crippen LogP contribution in [-0.4, -0.2) is 31.3 Å². The topological polar surface area (TPSA) is 52.8 Å². The molecule has 0 N–H and O–H groups in total. The number of carbonyl (C=O) groups is 1. The number of fused-ring (bicyclic) bond motifs is 1. The van der Waals surface area contributed by atoms with E-state index in [9.17, 15) is 4.79 Å². The van der Waals surface area contributed by atoms with Gasteiger partial charge in [-0.1, -0.05) is 35.1 Å². The molecule has 3 aromatic rings. The van der Waals surface area contributed by atoms with Gasteiger partial charge in [-0.25, -0.2) is 0 Å². The van der Waals surface area contributed by atoms with E-state index in [0.29, 0.717) is 23.5 Å². The minimum Gasteiger partial charge on any atom is -0.495 e. The van der Waals surface area contributed by atoms with Crippen LogP contribution in [0, 0.1) is 6.92 Å². The fourth-order valence-electron chi connectivity index (χ4n) is 2.59. The zero-order valence-electron chi connectivity index (χ0n) is 14.5. The van der Waals surface area contributed by atoms with Crippen LogP contribution in [0.1, 0.15) is 15.9 Å².